The SMILES string of the molecule is O=C(CSc1nc2ccccc2c(=O)n1C[C@H]1CCCO1)N1CCCCC1. The van der Waals surface area contributed by atoms with E-state index in [4.69, 9.17) is 9.72 Å². The third-order valence-corrected chi connectivity index (χ3v) is 6.23. The molecule has 27 heavy (non-hydrogen) atoms. The Labute approximate surface area is 162 Å². The van der Waals surface area contributed by atoms with Crippen LogP contribution in [0.4, 0.5) is 0 Å². The summed E-state index contributed by atoms with van der Waals surface area (Å²) >= 11 is 1.37. The van der Waals surface area contributed by atoms with Crippen LogP contribution in [0.1, 0.15) is 32.1 Å². The summed E-state index contributed by atoms with van der Waals surface area (Å²) in [5.41, 5.74) is 0.628. The van der Waals surface area contributed by atoms with Crippen molar-refractivity contribution in [1.29, 1.82) is 0 Å². The molecule has 0 aliphatic carbocycles. The molecule has 144 valence electrons. The van der Waals surface area contributed by atoms with Crippen molar-refractivity contribution < 1.29 is 9.53 Å². The highest BCUT2D eigenvalue weighted by Crippen LogP contribution is 2.22. The summed E-state index contributed by atoms with van der Waals surface area (Å²) in [6.07, 6.45) is 5.38. The number of nitrogens with zero attached hydrogens (tertiary/aromatic N) is 3. The lowest BCUT2D eigenvalue weighted by molar-refractivity contribution is -0.129. The Bertz CT molecular complexity index is 870. The number of hydrogen-bond acceptors (Lipinski definition) is 5. The zero-order valence-electron chi connectivity index (χ0n) is 15.4. The van der Waals surface area contributed by atoms with Gasteiger partial charge in [0.25, 0.3) is 5.56 Å². The van der Waals surface area contributed by atoms with E-state index in [-0.39, 0.29) is 17.6 Å². The Kier molecular flexibility index (Phi) is 5.78. The van der Waals surface area contributed by atoms with Crippen molar-refractivity contribution in [2.75, 3.05) is 25.4 Å². The number of hydrogen-bond donors (Lipinski definition) is 0. The van der Waals surface area contributed by atoms with Gasteiger partial charge in [-0.3, -0.25) is 14.2 Å². The predicted molar refractivity (Wildman–Crippen MR) is 106 cm³/mol. The van der Waals surface area contributed by atoms with E-state index in [1.807, 2.05) is 29.2 Å². The van der Waals surface area contributed by atoms with Crippen molar-refractivity contribution in [3.63, 3.8) is 0 Å². The standard InChI is InChI=1S/C20H25N3O3S/c24-18(22-10-4-1-5-11-22)14-27-20-21-17-9-3-2-8-16(17)19(25)23(20)13-15-7-6-12-26-15/h2-3,8-9,15H,1,4-7,10-14H2/t15-/m1/s1. The second-order valence-electron chi connectivity index (χ2n) is 7.19. The molecule has 1 aromatic heterocycles. The molecule has 2 aliphatic rings. The van der Waals surface area contributed by atoms with Gasteiger partial charge in [0.2, 0.25) is 5.91 Å². The summed E-state index contributed by atoms with van der Waals surface area (Å²) in [6, 6.07) is 7.40. The van der Waals surface area contributed by atoms with E-state index in [2.05, 4.69) is 0 Å². The molecule has 0 saturated carbocycles. The number of rotatable bonds is 5. The number of carbonyl (C=O) groups excluding carboxylic acids is 1. The molecule has 2 fully saturated rings. The summed E-state index contributed by atoms with van der Waals surface area (Å²) in [5.74, 6) is 0.446. The highest BCUT2D eigenvalue weighted by atomic mass is 32.2. The quantitative estimate of drug-likeness (QED) is 0.583. The van der Waals surface area contributed by atoms with Gasteiger partial charge in [-0.25, -0.2) is 4.98 Å². The van der Waals surface area contributed by atoms with E-state index in [1.165, 1.54) is 18.2 Å². The van der Waals surface area contributed by atoms with Crippen molar-refractivity contribution in [3.05, 3.63) is 34.6 Å². The number of likely N-dealkylation sites (tertiary alicyclic amines) is 1. The lowest BCUT2D eigenvalue weighted by Crippen LogP contribution is -2.37. The van der Waals surface area contributed by atoms with Crippen LogP contribution in [0, 0.1) is 0 Å². The first-order valence-corrected chi connectivity index (χ1v) is 10.7. The van der Waals surface area contributed by atoms with Crippen molar-refractivity contribution in [1.82, 2.24) is 14.5 Å². The number of amides is 1. The predicted octanol–water partition coefficient (Wildman–Crippen LogP) is 2.68. The molecule has 0 radical (unpaired) electrons. The van der Waals surface area contributed by atoms with Crippen LogP contribution < -0.4 is 5.56 Å². The fourth-order valence-corrected chi connectivity index (χ4v) is 4.68. The van der Waals surface area contributed by atoms with E-state index in [1.54, 1.807) is 4.57 Å². The summed E-state index contributed by atoms with van der Waals surface area (Å²) in [4.78, 5) is 32.2. The monoisotopic (exact) mass is 387 g/mol. The van der Waals surface area contributed by atoms with Crippen LogP contribution in [0.15, 0.2) is 34.2 Å². The molecule has 0 N–H and O–H groups in total. The van der Waals surface area contributed by atoms with E-state index in [0.29, 0.717) is 28.4 Å². The summed E-state index contributed by atoms with van der Waals surface area (Å²) in [7, 11) is 0. The number of benzene rings is 1. The van der Waals surface area contributed by atoms with Gasteiger partial charge in [-0.05, 0) is 44.2 Å². The zero-order chi connectivity index (χ0) is 18.6. The van der Waals surface area contributed by atoms with E-state index in [9.17, 15) is 9.59 Å². The fourth-order valence-electron chi connectivity index (χ4n) is 3.77. The van der Waals surface area contributed by atoms with Gasteiger partial charge >= 0.3 is 0 Å². The number of aromatic nitrogens is 2. The summed E-state index contributed by atoms with van der Waals surface area (Å²) < 4.78 is 7.43. The lowest BCUT2D eigenvalue weighted by Gasteiger charge is -2.26. The van der Waals surface area contributed by atoms with Gasteiger partial charge in [0.15, 0.2) is 5.16 Å². The molecule has 2 saturated heterocycles. The zero-order valence-corrected chi connectivity index (χ0v) is 16.2. The van der Waals surface area contributed by atoms with E-state index < -0.39 is 0 Å². The second-order valence-corrected chi connectivity index (χ2v) is 8.13. The van der Waals surface area contributed by atoms with Crippen LogP contribution in [0.3, 0.4) is 0 Å². The average Bonchev–Trinajstić information content (AvgIpc) is 3.22. The average molecular weight is 388 g/mol. The first-order valence-electron chi connectivity index (χ1n) is 9.74. The number of thioether (sulfide) groups is 1. The second kappa shape index (κ2) is 8.44. The van der Waals surface area contributed by atoms with Crippen LogP contribution in [-0.2, 0) is 16.1 Å². The molecular weight excluding hydrogens is 362 g/mol. The summed E-state index contributed by atoms with van der Waals surface area (Å²) in [6.45, 7) is 2.92. The van der Waals surface area contributed by atoms with Gasteiger partial charge in [-0.2, -0.15) is 0 Å². The van der Waals surface area contributed by atoms with Crippen molar-refractivity contribution in [2.45, 2.75) is 49.9 Å². The van der Waals surface area contributed by atoms with Gasteiger partial charge in [0.05, 0.1) is 29.3 Å². The normalized spacial score (nSPS) is 20.3. The molecule has 6 nitrogen and oxygen atoms in total. The third kappa shape index (κ3) is 4.19. The van der Waals surface area contributed by atoms with Crippen molar-refractivity contribution in [3.8, 4) is 0 Å². The maximum absolute atomic E-state index is 13.0. The Hall–Kier alpha value is -1.86. The van der Waals surface area contributed by atoms with Gasteiger partial charge in [0, 0.05) is 19.7 Å². The Morgan fingerprint density at radius 1 is 1.19 bits per heavy atom. The minimum absolute atomic E-state index is 0.0443. The molecule has 0 bridgehead atoms. The van der Waals surface area contributed by atoms with Crippen molar-refractivity contribution in [2.24, 2.45) is 0 Å². The third-order valence-electron chi connectivity index (χ3n) is 5.27. The van der Waals surface area contributed by atoms with Crippen LogP contribution in [-0.4, -0.2) is 51.9 Å². The summed E-state index contributed by atoms with van der Waals surface area (Å²) in [5, 5.41) is 1.22. The maximum atomic E-state index is 13.0. The topological polar surface area (TPSA) is 64.4 Å². The van der Waals surface area contributed by atoms with Gasteiger partial charge < -0.3 is 9.64 Å². The first kappa shape index (κ1) is 18.5. The molecule has 0 unspecified atom stereocenters. The largest absolute Gasteiger partial charge is 0.376 e. The minimum atomic E-state index is -0.0518. The number of para-hydroxylation sites is 1. The van der Waals surface area contributed by atoms with E-state index in [0.717, 1.165) is 45.4 Å². The molecule has 1 amide bonds. The first-order chi connectivity index (χ1) is 13.2. The van der Waals surface area contributed by atoms with Gasteiger partial charge in [-0.15, -0.1) is 0 Å². The van der Waals surface area contributed by atoms with Crippen LogP contribution in [0.5, 0.6) is 0 Å². The van der Waals surface area contributed by atoms with E-state index >= 15 is 0 Å². The van der Waals surface area contributed by atoms with Crippen molar-refractivity contribution >= 4 is 28.6 Å². The smallest absolute Gasteiger partial charge is 0.262 e. The number of fused-ring (bicyclic) bond motifs is 1. The van der Waals surface area contributed by atoms with Crippen LogP contribution >= 0.6 is 11.8 Å². The molecule has 0 spiro atoms. The molecule has 3 heterocycles. The van der Waals surface area contributed by atoms with Crippen LogP contribution in [0.2, 0.25) is 0 Å². The molecule has 1 atom stereocenters. The maximum Gasteiger partial charge on any atom is 0.262 e. The lowest BCUT2D eigenvalue weighted by atomic mass is 10.1. The fraction of sp³-hybridized carbons (Fsp3) is 0.550. The minimum Gasteiger partial charge on any atom is -0.376 e. The molecule has 4 rings (SSSR count). The van der Waals surface area contributed by atoms with Gasteiger partial charge in [-0.1, -0.05) is 23.9 Å². The molecule has 7 heteroatoms. The van der Waals surface area contributed by atoms with Gasteiger partial charge in [0.1, 0.15) is 0 Å². The Balaban J connectivity index is 1.59. The number of ether oxygens (including phenoxy) is 1. The highest BCUT2D eigenvalue weighted by molar-refractivity contribution is 7.99. The number of piperidine rings is 1. The Morgan fingerprint density at radius 2 is 2.00 bits per heavy atom. The number of carbonyl (C=O) groups is 1. The van der Waals surface area contributed by atoms with Crippen LogP contribution in [0.25, 0.3) is 10.9 Å². The molecular formula is C20H25N3O3S. The highest BCUT2D eigenvalue weighted by Gasteiger charge is 2.22. The molecule has 2 aliphatic heterocycles. The molecule has 1 aromatic carbocycles. The Morgan fingerprint density at radius 3 is 2.78 bits per heavy atom. The molecule has 2 aromatic rings.